The van der Waals surface area contributed by atoms with Crippen molar-refractivity contribution in [3.8, 4) is 0 Å². The van der Waals surface area contributed by atoms with Crippen LogP contribution in [0.3, 0.4) is 0 Å². The Hall–Kier alpha value is -1.91. The van der Waals surface area contributed by atoms with Crippen molar-refractivity contribution in [3.63, 3.8) is 0 Å². The topological polar surface area (TPSA) is 57.6 Å². The Labute approximate surface area is 117 Å². The van der Waals surface area contributed by atoms with Gasteiger partial charge in [-0.2, -0.15) is 0 Å². The van der Waals surface area contributed by atoms with Crippen LogP contribution in [0.2, 0.25) is 0 Å². The minimum atomic E-state index is -0.870. The molecule has 1 aliphatic heterocycles. The summed E-state index contributed by atoms with van der Waals surface area (Å²) in [7, 11) is 0. The number of carbonyl (C=O) groups is 2. The van der Waals surface area contributed by atoms with E-state index in [1.54, 1.807) is 13.0 Å². The van der Waals surface area contributed by atoms with E-state index in [9.17, 15) is 19.1 Å². The first-order valence-electron chi connectivity index (χ1n) is 6.68. The minimum Gasteiger partial charge on any atom is -0.481 e. The Morgan fingerprint density at radius 3 is 2.60 bits per heavy atom. The molecule has 0 radical (unpaired) electrons. The van der Waals surface area contributed by atoms with Crippen LogP contribution in [-0.2, 0) is 4.79 Å². The van der Waals surface area contributed by atoms with Gasteiger partial charge in [0.25, 0.3) is 5.91 Å². The number of benzene rings is 1. The largest absolute Gasteiger partial charge is 0.481 e. The molecule has 0 bridgehead atoms. The molecule has 1 N–H and O–H groups in total. The molecule has 1 heterocycles. The summed E-state index contributed by atoms with van der Waals surface area (Å²) < 4.78 is 13.4. The quantitative estimate of drug-likeness (QED) is 0.924. The van der Waals surface area contributed by atoms with Crippen molar-refractivity contribution < 1.29 is 19.1 Å². The molecule has 20 heavy (non-hydrogen) atoms. The van der Waals surface area contributed by atoms with Gasteiger partial charge in [0, 0.05) is 18.7 Å². The number of carboxylic acids is 1. The fraction of sp³-hybridized carbons (Fsp3) is 0.467. The Kier molecular flexibility index (Phi) is 3.79. The summed E-state index contributed by atoms with van der Waals surface area (Å²) in [5.41, 5.74) is 0.0882. The van der Waals surface area contributed by atoms with E-state index in [1.807, 2.05) is 6.92 Å². The summed E-state index contributed by atoms with van der Waals surface area (Å²) in [4.78, 5) is 25.2. The van der Waals surface area contributed by atoms with Crippen LogP contribution >= 0.6 is 0 Å². The number of likely N-dealkylation sites (tertiary alicyclic amines) is 1. The van der Waals surface area contributed by atoms with Crippen molar-refractivity contribution >= 4 is 11.9 Å². The minimum absolute atomic E-state index is 0.188. The third-order valence-corrected chi connectivity index (χ3v) is 4.06. The van der Waals surface area contributed by atoms with Gasteiger partial charge in [0.2, 0.25) is 0 Å². The number of hydrogen-bond acceptors (Lipinski definition) is 2. The maximum absolute atomic E-state index is 13.4. The molecule has 0 aromatic heterocycles. The highest BCUT2D eigenvalue weighted by Crippen LogP contribution is 2.34. The van der Waals surface area contributed by atoms with Crippen LogP contribution < -0.4 is 0 Å². The average Bonchev–Trinajstić information content (AvgIpc) is 2.82. The Morgan fingerprint density at radius 2 is 2.10 bits per heavy atom. The third kappa shape index (κ3) is 2.53. The van der Waals surface area contributed by atoms with Crippen molar-refractivity contribution in [1.29, 1.82) is 0 Å². The van der Waals surface area contributed by atoms with Gasteiger partial charge < -0.3 is 10.0 Å². The molecule has 0 saturated carbocycles. The summed E-state index contributed by atoms with van der Waals surface area (Å²) in [6, 6.07) is 4.18. The molecule has 0 spiro atoms. The number of aliphatic carboxylic acids is 1. The highest BCUT2D eigenvalue weighted by atomic mass is 19.1. The van der Waals surface area contributed by atoms with E-state index in [0.29, 0.717) is 24.9 Å². The molecular weight excluding hydrogens is 261 g/mol. The monoisotopic (exact) mass is 279 g/mol. The lowest BCUT2D eigenvalue weighted by Crippen LogP contribution is -2.36. The summed E-state index contributed by atoms with van der Waals surface area (Å²) in [6.45, 7) is 4.12. The first kappa shape index (κ1) is 14.5. The first-order chi connectivity index (χ1) is 9.38. The highest BCUT2D eigenvalue weighted by molar-refractivity contribution is 5.95. The first-order valence-corrected chi connectivity index (χ1v) is 6.68. The van der Waals surface area contributed by atoms with Crippen molar-refractivity contribution in [1.82, 2.24) is 4.90 Å². The van der Waals surface area contributed by atoms with E-state index >= 15 is 0 Å². The van der Waals surface area contributed by atoms with Gasteiger partial charge in [-0.1, -0.05) is 6.92 Å². The van der Waals surface area contributed by atoms with E-state index < -0.39 is 17.2 Å². The number of rotatable bonds is 3. The van der Waals surface area contributed by atoms with Gasteiger partial charge in [0.1, 0.15) is 5.82 Å². The number of hydrogen-bond donors (Lipinski definition) is 1. The number of halogens is 1. The fourth-order valence-electron chi connectivity index (χ4n) is 2.70. The number of nitrogens with zero attached hydrogens (tertiary/aromatic N) is 1. The molecule has 1 atom stereocenters. The van der Waals surface area contributed by atoms with Gasteiger partial charge in [0.05, 0.1) is 5.41 Å². The van der Waals surface area contributed by atoms with E-state index in [-0.39, 0.29) is 18.0 Å². The number of aryl methyl sites for hydroxylation is 1. The predicted molar refractivity (Wildman–Crippen MR) is 72.0 cm³/mol. The molecule has 1 unspecified atom stereocenters. The van der Waals surface area contributed by atoms with Crippen LogP contribution in [0.4, 0.5) is 4.39 Å². The standard InChI is InChI=1S/C15H18FNO3/c1-3-15(14(19)20)4-5-17(9-15)13(18)11-6-10(2)7-12(16)8-11/h6-8H,3-5,9H2,1-2H3,(H,19,20). The molecule has 5 heteroatoms. The second-order valence-electron chi connectivity index (χ2n) is 5.43. The molecule has 1 saturated heterocycles. The lowest BCUT2D eigenvalue weighted by Gasteiger charge is -2.23. The second kappa shape index (κ2) is 5.23. The van der Waals surface area contributed by atoms with Gasteiger partial charge in [-0.3, -0.25) is 9.59 Å². The number of carbonyl (C=O) groups excluding carboxylic acids is 1. The lowest BCUT2D eigenvalue weighted by atomic mass is 9.84. The van der Waals surface area contributed by atoms with Crippen molar-refractivity contribution in [2.45, 2.75) is 26.7 Å². The molecule has 2 rings (SSSR count). The molecule has 0 aliphatic carbocycles. The number of amides is 1. The van der Waals surface area contributed by atoms with E-state index in [1.165, 1.54) is 17.0 Å². The third-order valence-electron chi connectivity index (χ3n) is 4.06. The molecule has 1 aromatic rings. The van der Waals surface area contributed by atoms with Gasteiger partial charge in [0.15, 0.2) is 0 Å². The average molecular weight is 279 g/mol. The number of carboxylic acid groups (broad SMARTS) is 1. The molecule has 108 valence electrons. The zero-order chi connectivity index (χ0) is 14.9. The van der Waals surface area contributed by atoms with Crippen LogP contribution in [0.1, 0.15) is 35.7 Å². The maximum Gasteiger partial charge on any atom is 0.311 e. The van der Waals surface area contributed by atoms with Crippen molar-refractivity contribution in [2.24, 2.45) is 5.41 Å². The molecule has 1 aliphatic rings. The van der Waals surface area contributed by atoms with E-state index in [0.717, 1.165) is 0 Å². The van der Waals surface area contributed by atoms with Gasteiger partial charge in [-0.05, 0) is 43.5 Å². The lowest BCUT2D eigenvalue weighted by molar-refractivity contribution is -0.148. The summed E-state index contributed by atoms with van der Waals surface area (Å²) in [5, 5.41) is 9.32. The Balaban J connectivity index is 2.21. The van der Waals surface area contributed by atoms with Crippen LogP contribution in [-0.4, -0.2) is 35.0 Å². The van der Waals surface area contributed by atoms with Crippen molar-refractivity contribution in [2.75, 3.05) is 13.1 Å². The highest BCUT2D eigenvalue weighted by Gasteiger charge is 2.44. The molecule has 4 nitrogen and oxygen atoms in total. The SMILES string of the molecule is CCC1(C(=O)O)CCN(C(=O)c2cc(C)cc(F)c2)C1. The van der Waals surface area contributed by atoms with E-state index in [4.69, 9.17) is 0 Å². The van der Waals surface area contributed by atoms with Gasteiger partial charge in [-0.15, -0.1) is 0 Å². The van der Waals surface area contributed by atoms with Crippen LogP contribution in [0.25, 0.3) is 0 Å². The van der Waals surface area contributed by atoms with Gasteiger partial charge >= 0.3 is 5.97 Å². The van der Waals surface area contributed by atoms with E-state index in [2.05, 4.69) is 0 Å². The molecule has 1 amide bonds. The summed E-state index contributed by atoms with van der Waals surface area (Å²) >= 11 is 0. The molecule has 1 fully saturated rings. The Morgan fingerprint density at radius 1 is 1.40 bits per heavy atom. The summed E-state index contributed by atoms with van der Waals surface area (Å²) in [5.74, 6) is -1.62. The normalized spacial score (nSPS) is 22.1. The van der Waals surface area contributed by atoms with Gasteiger partial charge in [-0.25, -0.2) is 4.39 Å². The smallest absolute Gasteiger partial charge is 0.311 e. The predicted octanol–water partition coefficient (Wildman–Crippen LogP) is 2.46. The second-order valence-corrected chi connectivity index (χ2v) is 5.43. The molecule has 1 aromatic carbocycles. The maximum atomic E-state index is 13.4. The van der Waals surface area contributed by atoms with Crippen LogP contribution in [0, 0.1) is 18.2 Å². The van der Waals surface area contributed by atoms with Crippen LogP contribution in [0.5, 0.6) is 0 Å². The van der Waals surface area contributed by atoms with Crippen molar-refractivity contribution in [3.05, 3.63) is 35.1 Å². The molecular formula is C15H18FNO3. The summed E-state index contributed by atoms with van der Waals surface area (Å²) in [6.07, 6.45) is 0.924. The van der Waals surface area contributed by atoms with Crippen LogP contribution in [0.15, 0.2) is 18.2 Å². The zero-order valence-corrected chi connectivity index (χ0v) is 11.6. The fourth-order valence-corrected chi connectivity index (χ4v) is 2.70. The Bertz CT molecular complexity index is 538. The zero-order valence-electron chi connectivity index (χ0n) is 11.6.